The van der Waals surface area contributed by atoms with Crippen molar-refractivity contribution in [3.05, 3.63) is 93.4 Å². The highest BCUT2D eigenvalue weighted by Gasteiger charge is 2.20. The zero-order valence-corrected chi connectivity index (χ0v) is 14.5. The van der Waals surface area contributed by atoms with Gasteiger partial charge in [0.25, 0.3) is 11.2 Å². The molecule has 0 fully saturated rings. The molecule has 0 aliphatic heterocycles. The van der Waals surface area contributed by atoms with Crippen molar-refractivity contribution in [1.82, 2.24) is 4.57 Å². The maximum atomic E-state index is 12.7. The maximum absolute atomic E-state index is 12.7. The lowest BCUT2D eigenvalue weighted by molar-refractivity contribution is -0.385. The summed E-state index contributed by atoms with van der Waals surface area (Å²) >= 11 is 0. The van der Waals surface area contributed by atoms with Gasteiger partial charge in [-0.05, 0) is 18.6 Å². The monoisotopic (exact) mass is 363 g/mol. The van der Waals surface area contributed by atoms with Gasteiger partial charge >= 0.3 is 0 Å². The third-order valence-electron chi connectivity index (χ3n) is 4.20. The molecule has 1 heterocycles. The van der Waals surface area contributed by atoms with Crippen LogP contribution in [0.4, 0.5) is 11.4 Å². The number of nitro groups is 1. The minimum absolute atomic E-state index is 0.251. The molecule has 136 valence electrons. The number of aromatic nitrogens is 1. The second-order valence-electron chi connectivity index (χ2n) is 5.97. The second-order valence-corrected chi connectivity index (χ2v) is 5.97. The lowest BCUT2D eigenvalue weighted by Crippen LogP contribution is -2.31. The molecule has 0 aliphatic rings. The fraction of sp³-hybridized carbons (Fsp3) is 0.100. The van der Waals surface area contributed by atoms with E-state index in [4.69, 9.17) is 0 Å². The summed E-state index contributed by atoms with van der Waals surface area (Å²) in [4.78, 5) is 35.1. The van der Waals surface area contributed by atoms with Gasteiger partial charge < -0.3 is 5.32 Å². The molecule has 0 unspecified atom stereocenters. The average molecular weight is 363 g/mol. The van der Waals surface area contributed by atoms with Crippen LogP contribution >= 0.6 is 0 Å². The molecule has 0 bridgehead atoms. The number of benzene rings is 2. The summed E-state index contributed by atoms with van der Waals surface area (Å²) in [5, 5.41) is 13.8. The minimum atomic E-state index is -0.916. The normalized spacial score (nSPS) is 11.6. The summed E-state index contributed by atoms with van der Waals surface area (Å²) in [5.74, 6) is -0.444. The summed E-state index contributed by atoms with van der Waals surface area (Å²) in [7, 11) is 0. The van der Waals surface area contributed by atoms with Crippen molar-refractivity contribution < 1.29 is 9.72 Å². The first-order chi connectivity index (χ1) is 13.0. The number of pyridine rings is 1. The van der Waals surface area contributed by atoms with Gasteiger partial charge in [0.15, 0.2) is 0 Å². The first-order valence-corrected chi connectivity index (χ1v) is 8.29. The number of rotatable bonds is 5. The molecule has 3 rings (SSSR count). The van der Waals surface area contributed by atoms with Gasteiger partial charge in [0.2, 0.25) is 5.91 Å². The van der Waals surface area contributed by atoms with Crippen LogP contribution in [-0.4, -0.2) is 15.4 Å². The molecule has 1 amide bonds. The summed E-state index contributed by atoms with van der Waals surface area (Å²) in [6, 6.07) is 18.2. The topological polar surface area (TPSA) is 94.2 Å². The lowest BCUT2D eigenvalue weighted by atomic mass is 10.0. The zero-order valence-electron chi connectivity index (χ0n) is 14.5. The second kappa shape index (κ2) is 7.65. The van der Waals surface area contributed by atoms with Crippen molar-refractivity contribution in [2.75, 3.05) is 5.32 Å². The summed E-state index contributed by atoms with van der Waals surface area (Å²) < 4.78 is 1.05. The van der Waals surface area contributed by atoms with Gasteiger partial charge in [-0.25, -0.2) is 0 Å². The van der Waals surface area contributed by atoms with E-state index in [-0.39, 0.29) is 5.69 Å². The number of para-hydroxylation sites is 1. The number of nitrogens with zero attached hydrogens (tertiary/aromatic N) is 2. The van der Waals surface area contributed by atoms with Gasteiger partial charge in [-0.1, -0.05) is 48.5 Å². The van der Waals surface area contributed by atoms with Crippen molar-refractivity contribution in [3.8, 4) is 11.1 Å². The number of anilines is 1. The van der Waals surface area contributed by atoms with Crippen molar-refractivity contribution in [2.45, 2.75) is 13.0 Å². The molecule has 0 spiro atoms. The molecule has 1 aromatic heterocycles. The zero-order chi connectivity index (χ0) is 19.4. The summed E-state index contributed by atoms with van der Waals surface area (Å²) in [5.41, 5.74) is 1.64. The molecule has 7 heteroatoms. The van der Waals surface area contributed by atoms with E-state index >= 15 is 0 Å². The third-order valence-corrected chi connectivity index (χ3v) is 4.20. The number of amides is 1. The predicted octanol–water partition coefficient (Wildman–Crippen LogP) is 3.62. The predicted molar refractivity (Wildman–Crippen MR) is 103 cm³/mol. The smallest absolute Gasteiger partial charge is 0.285 e. The number of nitrogens with one attached hydrogen (secondary N) is 1. The molecular weight excluding hydrogens is 346 g/mol. The van der Waals surface area contributed by atoms with Gasteiger partial charge in [0, 0.05) is 23.4 Å². The van der Waals surface area contributed by atoms with Gasteiger partial charge in [-0.15, -0.1) is 0 Å². The van der Waals surface area contributed by atoms with Crippen LogP contribution in [0.5, 0.6) is 0 Å². The Morgan fingerprint density at radius 2 is 1.70 bits per heavy atom. The number of hydrogen-bond acceptors (Lipinski definition) is 4. The Labute approximate surface area is 155 Å². The van der Waals surface area contributed by atoms with Gasteiger partial charge in [0.1, 0.15) is 6.04 Å². The largest absolute Gasteiger partial charge is 0.324 e. The van der Waals surface area contributed by atoms with Crippen LogP contribution in [0.2, 0.25) is 0 Å². The fourth-order valence-electron chi connectivity index (χ4n) is 2.73. The van der Waals surface area contributed by atoms with Crippen LogP contribution in [0.3, 0.4) is 0 Å². The molecule has 0 saturated carbocycles. The van der Waals surface area contributed by atoms with Gasteiger partial charge in [0.05, 0.1) is 11.1 Å². The van der Waals surface area contributed by atoms with E-state index in [1.54, 1.807) is 12.1 Å². The Morgan fingerprint density at radius 1 is 1.04 bits per heavy atom. The standard InChI is InChI=1S/C20H17N3O4/c1-14(22-13-16(23(26)27)11-12-19(22)24)20(25)21-18-10-6-5-9-17(18)15-7-3-2-4-8-15/h2-14H,1H3,(H,21,25)/t14-/m1/s1. The molecule has 7 nitrogen and oxygen atoms in total. The Bertz CT molecular complexity index is 1040. The van der Waals surface area contributed by atoms with Crippen LogP contribution in [0.15, 0.2) is 77.7 Å². The van der Waals surface area contributed by atoms with Gasteiger partial charge in [-0.2, -0.15) is 0 Å². The van der Waals surface area contributed by atoms with Crippen LogP contribution in [0, 0.1) is 10.1 Å². The molecular formula is C20H17N3O4. The Hall–Kier alpha value is -3.74. The van der Waals surface area contributed by atoms with Crippen molar-refractivity contribution in [1.29, 1.82) is 0 Å². The van der Waals surface area contributed by atoms with Crippen molar-refractivity contribution >= 4 is 17.3 Å². The van der Waals surface area contributed by atoms with E-state index in [1.165, 1.54) is 6.92 Å². The van der Waals surface area contributed by atoms with Crippen molar-refractivity contribution in [2.24, 2.45) is 0 Å². The molecule has 2 aromatic carbocycles. The highest BCUT2D eigenvalue weighted by molar-refractivity contribution is 5.97. The maximum Gasteiger partial charge on any atom is 0.285 e. The average Bonchev–Trinajstić information content (AvgIpc) is 2.68. The Kier molecular flexibility index (Phi) is 5.12. The molecule has 0 saturated heterocycles. The Balaban J connectivity index is 1.90. The van der Waals surface area contributed by atoms with E-state index in [0.29, 0.717) is 5.69 Å². The molecule has 0 radical (unpaired) electrons. The van der Waals surface area contributed by atoms with Gasteiger partial charge in [-0.3, -0.25) is 24.3 Å². The molecule has 3 aromatic rings. The van der Waals surface area contributed by atoms with E-state index in [0.717, 1.165) is 34.0 Å². The number of hydrogen-bond donors (Lipinski definition) is 1. The highest BCUT2D eigenvalue weighted by atomic mass is 16.6. The summed E-state index contributed by atoms with van der Waals surface area (Å²) in [6.07, 6.45) is 1.08. The molecule has 0 aliphatic carbocycles. The lowest BCUT2D eigenvalue weighted by Gasteiger charge is -2.17. The van der Waals surface area contributed by atoms with Crippen LogP contribution < -0.4 is 10.9 Å². The minimum Gasteiger partial charge on any atom is -0.324 e. The third kappa shape index (κ3) is 3.92. The number of carbonyl (C=O) groups excluding carboxylic acids is 1. The van der Waals surface area contributed by atoms with E-state index in [1.807, 2.05) is 42.5 Å². The number of carbonyl (C=O) groups is 1. The highest BCUT2D eigenvalue weighted by Crippen LogP contribution is 2.28. The van der Waals surface area contributed by atoms with Crippen molar-refractivity contribution in [3.63, 3.8) is 0 Å². The SMILES string of the molecule is C[C@H](C(=O)Nc1ccccc1-c1ccccc1)n1cc([N+](=O)[O-])ccc1=O. The first-order valence-electron chi connectivity index (χ1n) is 8.29. The summed E-state index contributed by atoms with van der Waals surface area (Å²) in [6.45, 7) is 1.52. The molecule has 1 N–H and O–H groups in total. The first kappa shape index (κ1) is 18.1. The fourth-order valence-corrected chi connectivity index (χ4v) is 2.73. The van der Waals surface area contributed by atoms with Crippen LogP contribution in [-0.2, 0) is 4.79 Å². The van der Waals surface area contributed by atoms with E-state index in [2.05, 4.69) is 5.32 Å². The quantitative estimate of drug-likeness (QED) is 0.553. The Morgan fingerprint density at radius 3 is 2.41 bits per heavy atom. The molecule has 27 heavy (non-hydrogen) atoms. The van der Waals surface area contributed by atoms with Crippen LogP contribution in [0.25, 0.3) is 11.1 Å². The molecule has 1 atom stereocenters. The van der Waals surface area contributed by atoms with Crippen LogP contribution in [0.1, 0.15) is 13.0 Å². The van der Waals surface area contributed by atoms with E-state index < -0.39 is 22.4 Å². The van der Waals surface area contributed by atoms with E-state index in [9.17, 15) is 19.7 Å².